The minimum absolute atomic E-state index is 0.00406. The van der Waals surface area contributed by atoms with Crippen molar-refractivity contribution < 1.29 is 9.18 Å². The van der Waals surface area contributed by atoms with E-state index in [9.17, 15) is 9.18 Å². The molecule has 17 heavy (non-hydrogen) atoms. The summed E-state index contributed by atoms with van der Waals surface area (Å²) >= 11 is 10.3. The summed E-state index contributed by atoms with van der Waals surface area (Å²) in [7, 11) is 0. The lowest BCUT2D eigenvalue weighted by molar-refractivity contribution is -0.118. The van der Waals surface area contributed by atoms with Crippen LogP contribution in [0.15, 0.2) is 18.2 Å². The number of rotatable bonds is 4. The zero-order valence-electron chi connectivity index (χ0n) is 9.17. The van der Waals surface area contributed by atoms with Crippen LogP contribution in [-0.4, -0.2) is 10.9 Å². The Bertz CT molecular complexity index is 453. The van der Waals surface area contributed by atoms with Gasteiger partial charge in [-0.25, -0.2) is 4.39 Å². The van der Waals surface area contributed by atoms with Gasteiger partial charge >= 0.3 is 0 Å². The SMILES string of the molecule is CCC(C(=O)Nc1ccc(Cl)c(F)c1)C(N)=S. The molecule has 0 radical (unpaired) electrons. The van der Waals surface area contributed by atoms with Gasteiger partial charge in [-0.05, 0) is 24.6 Å². The van der Waals surface area contributed by atoms with Crippen molar-refractivity contribution in [2.45, 2.75) is 13.3 Å². The molecule has 0 saturated heterocycles. The molecule has 1 aromatic rings. The maximum Gasteiger partial charge on any atom is 0.234 e. The molecule has 0 fully saturated rings. The second kappa shape index (κ2) is 5.93. The summed E-state index contributed by atoms with van der Waals surface area (Å²) in [5.41, 5.74) is 5.76. The number of halogens is 2. The standard InChI is InChI=1S/C11H12ClFN2OS/c1-2-7(10(14)17)11(16)15-6-3-4-8(12)9(13)5-6/h3-5,7H,2H2,1H3,(H2,14,17)(H,15,16). The molecule has 1 unspecified atom stereocenters. The first-order chi connectivity index (χ1) is 7.95. The monoisotopic (exact) mass is 274 g/mol. The van der Waals surface area contributed by atoms with Crippen molar-refractivity contribution in [1.29, 1.82) is 0 Å². The van der Waals surface area contributed by atoms with E-state index in [1.807, 2.05) is 0 Å². The minimum atomic E-state index is -0.590. The fraction of sp³-hybridized carbons (Fsp3) is 0.273. The second-order valence-electron chi connectivity index (χ2n) is 3.48. The molecule has 1 aromatic carbocycles. The van der Waals surface area contributed by atoms with Gasteiger partial charge in [0.05, 0.1) is 15.9 Å². The quantitative estimate of drug-likeness (QED) is 0.830. The Labute approximate surface area is 109 Å². The molecule has 0 aliphatic heterocycles. The van der Waals surface area contributed by atoms with E-state index in [0.717, 1.165) is 6.07 Å². The number of benzene rings is 1. The molecule has 1 rings (SSSR count). The van der Waals surface area contributed by atoms with Crippen molar-refractivity contribution in [3.63, 3.8) is 0 Å². The Hall–Kier alpha value is -1.20. The molecule has 0 saturated carbocycles. The van der Waals surface area contributed by atoms with Crippen molar-refractivity contribution in [1.82, 2.24) is 0 Å². The first kappa shape index (κ1) is 13.9. The van der Waals surface area contributed by atoms with Crippen molar-refractivity contribution in [2.24, 2.45) is 11.7 Å². The second-order valence-corrected chi connectivity index (χ2v) is 4.36. The van der Waals surface area contributed by atoms with E-state index >= 15 is 0 Å². The van der Waals surface area contributed by atoms with Crippen molar-refractivity contribution in [3.05, 3.63) is 29.0 Å². The number of amides is 1. The van der Waals surface area contributed by atoms with Crippen LogP contribution in [0.3, 0.4) is 0 Å². The Morgan fingerprint density at radius 3 is 2.76 bits per heavy atom. The van der Waals surface area contributed by atoms with Crippen molar-refractivity contribution >= 4 is 40.4 Å². The Morgan fingerprint density at radius 1 is 1.65 bits per heavy atom. The predicted molar refractivity (Wildman–Crippen MR) is 70.6 cm³/mol. The zero-order valence-corrected chi connectivity index (χ0v) is 10.7. The number of nitrogens with one attached hydrogen (secondary N) is 1. The maximum absolute atomic E-state index is 13.1. The number of carbonyl (C=O) groups is 1. The van der Waals surface area contributed by atoms with E-state index in [1.165, 1.54) is 12.1 Å². The van der Waals surface area contributed by atoms with Gasteiger partial charge in [0.2, 0.25) is 5.91 Å². The van der Waals surface area contributed by atoms with Crippen LogP contribution in [0.25, 0.3) is 0 Å². The third-order valence-electron chi connectivity index (χ3n) is 2.26. The Morgan fingerprint density at radius 2 is 2.29 bits per heavy atom. The molecule has 0 aromatic heterocycles. The van der Waals surface area contributed by atoms with Gasteiger partial charge in [0.15, 0.2) is 0 Å². The number of carbonyl (C=O) groups excluding carboxylic acids is 1. The minimum Gasteiger partial charge on any atom is -0.393 e. The van der Waals surface area contributed by atoms with Crippen molar-refractivity contribution in [2.75, 3.05) is 5.32 Å². The maximum atomic E-state index is 13.1. The molecule has 1 atom stereocenters. The summed E-state index contributed by atoms with van der Waals surface area (Å²) in [6.45, 7) is 1.80. The molecule has 0 spiro atoms. The normalized spacial score (nSPS) is 11.9. The van der Waals surface area contributed by atoms with Gasteiger partial charge in [-0.2, -0.15) is 0 Å². The molecule has 0 aliphatic rings. The molecule has 6 heteroatoms. The molecule has 0 aliphatic carbocycles. The van der Waals surface area contributed by atoms with Crippen LogP contribution in [0, 0.1) is 11.7 Å². The molecule has 0 bridgehead atoms. The highest BCUT2D eigenvalue weighted by molar-refractivity contribution is 7.80. The molecule has 3 nitrogen and oxygen atoms in total. The molecular formula is C11H12ClFN2OS. The van der Waals surface area contributed by atoms with Gasteiger partial charge in [0.25, 0.3) is 0 Å². The van der Waals surface area contributed by atoms with Crippen LogP contribution < -0.4 is 11.1 Å². The van der Waals surface area contributed by atoms with Crippen LogP contribution in [0.4, 0.5) is 10.1 Å². The van der Waals surface area contributed by atoms with Gasteiger partial charge in [0, 0.05) is 5.69 Å². The van der Waals surface area contributed by atoms with E-state index in [1.54, 1.807) is 6.92 Å². The fourth-order valence-electron chi connectivity index (χ4n) is 1.32. The van der Waals surface area contributed by atoms with Gasteiger partial charge in [-0.15, -0.1) is 0 Å². The summed E-state index contributed by atoms with van der Waals surface area (Å²) in [6.07, 6.45) is 0.497. The molecule has 3 N–H and O–H groups in total. The average Bonchev–Trinajstić information content (AvgIpc) is 2.24. The van der Waals surface area contributed by atoms with Gasteiger partial charge < -0.3 is 11.1 Å². The van der Waals surface area contributed by atoms with Crippen LogP contribution in [0.2, 0.25) is 5.02 Å². The fourth-order valence-corrected chi connectivity index (χ4v) is 1.71. The van der Waals surface area contributed by atoms with E-state index in [0.29, 0.717) is 12.1 Å². The lowest BCUT2D eigenvalue weighted by Crippen LogP contribution is -2.32. The van der Waals surface area contributed by atoms with E-state index in [4.69, 9.17) is 29.6 Å². The molecule has 1 amide bonds. The zero-order chi connectivity index (χ0) is 13.0. The number of anilines is 1. The summed E-state index contributed by atoms with van der Waals surface area (Å²) in [5.74, 6) is -1.49. The van der Waals surface area contributed by atoms with Crippen LogP contribution in [-0.2, 0) is 4.79 Å². The van der Waals surface area contributed by atoms with E-state index < -0.39 is 11.7 Å². The van der Waals surface area contributed by atoms with Crippen LogP contribution in [0.5, 0.6) is 0 Å². The number of hydrogen-bond donors (Lipinski definition) is 2. The largest absolute Gasteiger partial charge is 0.393 e. The first-order valence-electron chi connectivity index (χ1n) is 5.01. The third kappa shape index (κ3) is 3.64. The highest BCUT2D eigenvalue weighted by Gasteiger charge is 2.19. The van der Waals surface area contributed by atoms with Gasteiger partial charge in [-0.3, -0.25) is 4.79 Å². The van der Waals surface area contributed by atoms with Crippen LogP contribution >= 0.6 is 23.8 Å². The number of nitrogens with two attached hydrogens (primary N) is 1. The van der Waals surface area contributed by atoms with Crippen molar-refractivity contribution in [3.8, 4) is 0 Å². The highest BCUT2D eigenvalue weighted by Crippen LogP contribution is 2.19. The third-order valence-corrected chi connectivity index (χ3v) is 2.85. The lowest BCUT2D eigenvalue weighted by atomic mass is 10.1. The van der Waals surface area contributed by atoms with E-state index in [2.05, 4.69) is 5.32 Å². The van der Waals surface area contributed by atoms with Crippen LogP contribution in [0.1, 0.15) is 13.3 Å². The number of hydrogen-bond acceptors (Lipinski definition) is 2. The predicted octanol–water partition coefficient (Wildman–Crippen LogP) is 2.73. The lowest BCUT2D eigenvalue weighted by Gasteiger charge is -2.13. The number of thiocarbonyl (C=S) groups is 1. The van der Waals surface area contributed by atoms with Gasteiger partial charge in [0.1, 0.15) is 5.82 Å². The average molecular weight is 275 g/mol. The summed E-state index contributed by atoms with van der Waals surface area (Å²) in [5, 5.41) is 2.54. The first-order valence-corrected chi connectivity index (χ1v) is 5.79. The van der Waals surface area contributed by atoms with E-state index in [-0.39, 0.29) is 15.9 Å². The summed E-state index contributed by atoms with van der Waals surface area (Å²) in [4.78, 5) is 11.9. The van der Waals surface area contributed by atoms with Gasteiger partial charge in [-0.1, -0.05) is 30.7 Å². The molecular weight excluding hydrogens is 263 g/mol. The Balaban J connectivity index is 2.80. The summed E-state index contributed by atoms with van der Waals surface area (Å²) in [6, 6.07) is 4.02. The topological polar surface area (TPSA) is 55.1 Å². The smallest absolute Gasteiger partial charge is 0.234 e. The highest BCUT2D eigenvalue weighted by atomic mass is 35.5. The molecule has 0 heterocycles. The Kier molecular flexibility index (Phi) is 4.84. The molecule has 92 valence electrons. The summed E-state index contributed by atoms with van der Waals surface area (Å²) < 4.78 is 13.1.